The number of nitrogens with one attached hydrogen (secondary N) is 1. The molecule has 24 heavy (non-hydrogen) atoms. The fraction of sp³-hybridized carbons (Fsp3) is 0.556. The van der Waals surface area contributed by atoms with Gasteiger partial charge in [-0.3, -0.25) is 9.59 Å². The van der Waals surface area contributed by atoms with E-state index in [1.807, 2.05) is 31.2 Å². The van der Waals surface area contributed by atoms with Crippen LogP contribution in [0.4, 0.5) is 5.69 Å². The van der Waals surface area contributed by atoms with Gasteiger partial charge in [-0.1, -0.05) is 26.0 Å². The van der Waals surface area contributed by atoms with Gasteiger partial charge in [-0.2, -0.15) is 0 Å². The van der Waals surface area contributed by atoms with Gasteiger partial charge in [0, 0.05) is 25.9 Å². The molecule has 0 saturated heterocycles. The summed E-state index contributed by atoms with van der Waals surface area (Å²) >= 11 is 1.34. The maximum atomic E-state index is 12.3. The van der Waals surface area contributed by atoms with E-state index in [9.17, 15) is 9.59 Å². The Kier molecular flexibility index (Phi) is 9.49. The van der Waals surface area contributed by atoms with E-state index in [0.717, 1.165) is 11.3 Å². The summed E-state index contributed by atoms with van der Waals surface area (Å²) in [4.78, 5) is 26.0. The lowest BCUT2D eigenvalue weighted by molar-refractivity contribution is -0.129. The number of carbonyl (C=O) groups is 2. The summed E-state index contributed by atoms with van der Waals surface area (Å²) < 4.78 is 5.06. The van der Waals surface area contributed by atoms with Gasteiger partial charge >= 0.3 is 0 Å². The van der Waals surface area contributed by atoms with Crippen molar-refractivity contribution in [2.45, 2.75) is 20.8 Å². The van der Waals surface area contributed by atoms with Crippen LogP contribution in [-0.2, 0) is 14.3 Å². The number of methoxy groups -OCH3 is 1. The van der Waals surface area contributed by atoms with Crippen LogP contribution in [0.2, 0.25) is 0 Å². The lowest BCUT2D eigenvalue weighted by Gasteiger charge is -2.24. The second kappa shape index (κ2) is 11.1. The SMILES string of the molecule is COCCN(CC(C)C)C(=O)CSCC(=O)Nc1cccc(C)c1. The molecule has 0 atom stereocenters. The predicted molar refractivity (Wildman–Crippen MR) is 100 cm³/mol. The van der Waals surface area contributed by atoms with E-state index >= 15 is 0 Å². The third-order valence-corrected chi connectivity index (χ3v) is 4.18. The number of nitrogens with zero attached hydrogens (tertiary/aromatic N) is 1. The van der Waals surface area contributed by atoms with Crippen LogP contribution in [0.5, 0.6) is 0 Å². The first kappa shape index (κ1) is 20.5. The van der Waals surface area contributed by atoms with Gasteiger partial charge < -0.3 is 15.0 Å². The Labute approximate surface area is 149 Å². The summed E-state index contributed by atoms with van der Waals surface area (Å²) in [5.74, 6) is 0.928. The fourth-order valence-corrected chi connectivity index (χ4v) is 2.92. The van der Waals surface area contributed by atoms with Crippen molar-refractivity contribution in [1.82, 2.24) is 4.90 Å². The molecule has 1 aromatic rings. The average Bonchev–Trinajstić information content (AvgIpc) is 2.50. The Bertz CT molecular complexity index is 535. The summed E-state index contributed by atoms with van der Waals surface area (Å²) in [6, 6.07) is 7.66. The standard InChI is InChI=1S/C18H28N2O3S/c1-14(2)11-20(8-9-23-4)18(22)13-24-12-17(21)19-16-7-5-6-15(3)10-16/h5-7,10,14H,8-9,11-13H2,1-4H3,(H,19,21). The summed E-state index contributed by atoms with van der Waals surface area (Å²) in [5, 5.41) is 2.85. The number of ether oxygens (including phenoxy) is 1. The van der Waals surface area contributed by atoms with E-state index in [-0.39, 0.29) is 17.6 Å². The highest BCUT2D eigenvalue weighted by Gasteiger charge is 2.15. The van der Waals surface area contributed by atoms with Crippen molar-refractivity contribution < 1.29 is 14.3 Å². The monoisotopic (exact) mass is 352 g/mol. The van der Waals surface area contributed by atoms with E-state index in [2.05, 4.69) is 19.2 Å². The summed E-state index contributed by atoms with van der Waals surface area (Å²) in [6.07, 6.45) is 0. The highest BCUT2D eigenvalue weighted by molar-refractivity contribution is 8.00. The first-order chi connectivity index (χ1) is 11.4. The lowest BCUT2D eigenvalue weighted by atomic mass is 10.2. The van der Waals surface area contributed by atoms with Crippen molar-refractivity contribution in [3.8, 4) is 0 Å². The zero-order valence-electron chi connectivity index (χ0n) is 15.0. The van der Waals surface area contributed by atoms with E-state index in [1.165, 1.54) is 11.8 Å². The molecule has 6 heteroatoms. The Hall–Kier alpha value is -1.53. The quantitative estimate of drug-likeness (QED) is 0.703. The third-order valence-electron chi connectivity index (χ3n) is 3.26. The zero-order valence-corrected chi connectivity index (χ0v) is 15.8. The Morgan fingerprint density at radius 3 is 2.67 bits per heavy atom. The summed E-state index contributed by atoms with van der Waals surface area (Å²) in [7, 11) is 1.63. The van der Waals surface area contributed by atoms with E-state index < -0.39 is 0 Å². The lowest BCUT2D eigenvalue weighted by Crippen LogP contribution is -2.38. The molecule has 0 saturated carbocycles. The van der Waals surface area contributed by atoms with E-state index in [4.69, 9.17) is 4.74 Å². The molecule has 1 rings (SSSR count). The maximum Gasteiger partial charge on any atom is 0.234 e. The number of benzene rings is 1. The third kappa shape index (κ3) is 8.36. The molecular weight excluding hydrogens is 324 g/mol. The van der Waals surface area contributed by atoms with Gasteiger partial charge in [0.15, 0.2) is 0 Å². The van der Waals surface area contributed by atoms with E-state index in [1.54, 1.807) is 12.0 Å². The van der Waals surface area contributed by atoms with Crippen molar-refractivity contribution in [1.29, 1.82) is 0 Å². The number of aryl methyl sites for hydroxylation is 1. The topological polar surface area (TPSA) is 58.6 Å². The van der Waals surface area contributed by atoms with Gasteiger partial charge in [-0.25, -0.2) is 0 Å². The van der Waals surface area contributed by atoms with Crippen LogP contribution in [0.1, 0.15) is 19.4 Å². The first-order valence-electron chi connectivity index (χ1n) is 8.13. The predicted octanol–water partition coefficient (Wildman–Crippen LogP) is 2.80. The highest BCUT2D eigenvalue weighted by atomic mass is 32.2. The van der Waals surface area contributed by atoms with Crippen molar-refractivity contribution >= 4 is 29.3 Å². The van der Waals surface area contributed by atoms with Crippen molar-refractivity contribution in [2.24, 2.45) is 5.92 Å². The molecule has 2 amide bonds. The second-order valence-corrected chi connectivity index (χ2v) is 7.12. The van der Waals surface area contributed by atoms with Crippen molar-refractivity contribution in [3.63, 3.8) is 0 Å². The molecular formula is C18H28N2O3S. The van der Waals surface area contributed by atoms with Crippen molar-refractivity contribution in [3.05, 3.63) is 29.8 Å². The fourth-order valence-electron chi connectivity index (χ4n) is 2.20. The van der Waals surface area contributed by atoms with Gasteiger partial charge in [0.2, 0.25) is 11.8 Å². The molecule has 0 fully saturated rings. The summed E-state index contributed by atoms with van der Waals surface area (Å²) in [5.41, 5.74) is 1.88. The molecule has 0 aliphatic heterocycles. The molecule has 1 aromatic carbocycles. The minimum absolute atomic E-state index is 0.0501. The molecule has 134 valence electrons. The van der Waals surface area contributed by atoms with Crippen LogP contribution in [-0.4, -0.2) is 55.0 Å². The number of rotatable bonds is 10. The molecule has 0 heterocycles. The molecule has 0 spiro atoms. The van der Waals surface area contributed by atoms with Gasteiger partial charge in [0.25, 0.3) is 0 Å². The minimum atomic E-state index is -0.0919. The Balaban J connectivity index is 2.37. The van der Waals surface area contributed by atoms with E-state index in [0.29, 0.717) is 31.4 Å². The molecule has 5 nitrogen and oxygen atoms in total. The number of thioether (sulfide) groups is 1. The van der Waals surface area contributed by atoms with Crippen molar-refractivity contribution in [2.75, 3.05) is 43.6 Å². The number of anilines is 1. The molecule has 1 N–H and O–H groups in total. The average molecular weight is 352 g/mol. The van der Waals surface area contributed by atoms with Crippen LogP contribution in [0, 0.1) is 12.8 Å². The highest BCUT2D eigenvalue weighted by Crippen LogP contribution is 2.11. The first-order valence-corrected chi connectivity index (χ1v) is 9.28. The zero-order chi connectivity index (χ0) is 17.9. The number of amides is 2. The number of hydrogen-bond acceptors (Lipinski definition) is 4. The number of hydrogen-bond donors (Lipinski definition) is 1. The minimum Gasteiger partial charge on any atom is -0.383 e. The van der Waals surface area contributed by atoms with Gasteiger partial charge in [0.1, 0.15) is 0 Å². The second-order valence-electron chi connectivity index (χ2n) is 6.14. The van der Waals surface area contributed by atoms with Crippen LogP contribution in [0.25, 0.3) is 0 Å². The molecule has 0 aliphatic rings. The van der Waals surface area contributed by atoms with Gasteiger partial charge in [0.05, 0.1) is 18.1 Å². The smallest absolute Gasteiger partial charge is 0.234 e. The summed E-state index contributed by atoms with van der Waals surface area (Å²) in [6.45, 7) is 7.95. The molecule has 0 bridgehead atoms. The van der Waals surface area contributed by atoms with Crippen LogP contribution in [0.3, 0.4) is 0 Å². The van der Waals surface area contributed by atoms with Gasteiger partial charge in [-0.15, -0.1) is 11.8 Å². The Morgan fingerprint density at radius 2 is 2.04 bits per heavy atom. The normalized spacial score (nSPS) is 10.7. The Morgan fingerprint density at radius 1 is 1.29 bits per heavy atom. The maximum absolute atomic E-state index is 12.3. The van der Waals surface area contributed by atoms with Crippen LogP contribution in [0.15, 0.2) is 24.3 Å². The molecule has 0 unspecified atom stereocenters. The van der Waals surface area contributed by atoms with Gasteiger partial charge in [-0.05, 0) is 30.5 Å². The molecule has 0 aliphatic carbocycles. The van der Waals surface area contributed by atoms with Crippen LogP contribution < -0.4 is 5.32 Å². The van der Waals surface area contributed by atoms with Crippen LogP contribution >= 0.6 is 11.8 Å². The largest absolute Gasteiger partial charge is 0.383 e. The number of carbonyl (C=O) groups excluding carboxylic acids is 2. The molecule has 0 aromatic heterocycles. The molecule has 0 radical (unpaired) electrons.